The number of alkyl halides is 3. The molecular weight excluding hydrogens is 241 g/mol. The lowest BCUT2D eigenvalue weighted by atomic mass is 9.91. The molecule has 1 aromatic heterocycles. The van der Waals surface area contributed by atoms with Crippen molar-refractivity contribution in [2.45, 2.75) is 31.9 Å². The predicted molar refractivity (Wildman–Crippen MR) is 63.4 cm³/mol. The minimum atomic E-state index is -4.09. The molecule has 0 radical (unpaired) electrons. The molecule has 1 fully saturated rings. The minimum Gasteiger partial charge on any atom is -0.295 e. The summed E-state index contributed by atoms with van der Waals surface area (Å²) >= 11 is 0. The molecule has 0 bridgehead atoms. The molecule has 0 atom stereocenters. The molecule has 0 N–H and O–H groups in total. The van der Waals surface area contributed by atoms with Crippen LogP contribution < -0.4 is 0 Å². The third-order valence-corrected chi connectivity index (χ3v) is 3.43. The molecule has 1 aliphatic rings. The number of piperidine rings is 1. The van der Waals surface area contributed by atoms with Crippen molar-refractivity contribution < 1.29 is 13.2 Å². The lowest BCUT2D eigenvalue weighted by molar-refractivity contribution is -0.147. The number of rotatable bonds is 2. The maximum Gasteiger partial charge on any atom is 0.401 e. The van der Waals surface area contributed by atoms with E-state index in [1.54, 1.807) is 6.20 Å². The van der Waals surface area contributed by atoms with Crippen molar-refractivity contribution in [2.75, 3.05) is 19.6 Å². The molecule has 2 heterocycles. The first kappa shape index (κ1) is 13.3. The summed E-state index contributed by atoms with van der Waals surface area (Å²) in [5, 5.41) is 0. The van der Waals surface area contributed by atoms with E-state index in [2.05, 4.69) is 4.98 Å². The van der Waals surface area contributed by atoms with Crippen molar-refractivity contribution in [3.8, 4) is 0 Å². The Bertz CT molecular complexity index is 395. The van der Waals surface area contributed by atoms with Crippen molar-refractivity contribution >= 4 is 0 Å². The Morgan fingerprint density at radius 3 is 2.56 bits per heavy atom. The molecular formula is C13H17F3N2. The Morgan fingerprint density at radius 1 is 1.33 bits per heavy atom. The van der Waals surface area contributed by atoms with Crippen LogP contribution in [0, 0.1) is 6.92 Å². The highest BCUT2D eigenvalue weighted by Crippen LogP contribution is 2.29. The zero-order valence-corrected chi connectivity index (χ0v) is 10.4. The van der Waals surface area contributed by atoms with E-state index in [0.717, 1.165) is 24.1 Å². The first-order valence-corrected chi connectivity index (χ1v) is 6.16. The Hall–Kier alpha value is -1.10. The normalized spacial score (nSPS) is 19.1. The molecule has 0 spiro atoms. The van der Waals surface area contributed by atoms with Crippen molar-refractivity contribution in [1.29, 1.82) is 0 Å². The van der Waals surface area contributed by atoms with E-state index >= 15 is 0 Å². The minimum absolute atomic E-state index is 0.302. The maximum atomic E-state index is 12.3. The number of likely N-dealkylation sites (tertiary alicyclic amines) is 1. The van der Waals surface area contributed by atoms with E-state index < -0.39 is 12.7 Å². The molecule has 5 heteroatoms. The molecule has 2 rings (SSSR count). The van der Waals surface area contributed by atoms with Gasteiger partial charge in [-0.3, -0.25) is 9.88 Å². The van der Waals surface area contributed by atoms with Gasteiger partial charge in [0.25, 0.3) is 0 Å². The summed E-state index contributed by atoms with van der Waals surface area (Å²) in [5.41, 5.74) is 2.18. The Morgan fingerprint density at radius 2 is 2.00 bits per heavy atom. The van der Waals surface area contributed by atoms with Crippen LogP contribution in [-0.4, -0.2) is 35.7 Å². The van der Waals surface area contributed by atoms with Crippen LogP contribution in [0.3, 0.4) is 0 Å². The molecule has 0 saturated carbocycles. The lowest BCUT2D eigenvalue weighted by Gasteiger charge is -2.32. The van der Waals surface area contributed by atoms with Crippen LogP contribution >= 0.6 is 0 Å². The summed E-state index contributed by atoms with van der Waals surface area (Å²) in [6.07, 6.45) is -0.819. The van der Waals surface area contributed by atoms with Crippen LogP contribution in [0.25, 0.3) is 0 Å². The average Bonchev–Trinajstić information content (AvgIpc) is 2.29. The molecule has 18 heavy (non-hydrogen) atoms. The monoisotopic (exact) mass is 258 g/mol. The van der Waals surface area contributed by atoms with Crippen LogP contribution in [0.1, 0.15) is 30.0 Å². The molecule has 2 nitrogen and oxygen atoms in total. The zero-order chi connectivity index (χ0) is 13.2. The smallest absolute Gasteiger partial charge is 0.295 e. The largest absolute Gasteiger partial charge is 0.401 e. The van der Waals surface area contributed by atoms with Crippen molar-refractivity contribution in [3.63, 3.8) is 0 Å². The molecule has 1 saturated heterocycles. The number of hydrogen-bond donors (Lipinski definition) is 0. The van der Waals surface area contributed by atoms with E-state index in [-0.39, 0.29) is 0 Å². The van der Waals surface area contributed by atoms with Gasteiger partial charge in [-0.15, -0.1) is 0 Å². The third-order valence-electron chi connectivity index (χ3n) is 3.43. The number of pyridine rings is 1. The highest BCUT2D eigenvalue weighted by Gasteiger charge is 2.33. The van der Waals surface area contributed by atoms with Gasteiger partial charge in [0.1, 0.15) is 0 Å². The van der Waals surface area contributed by atoms with Crippen LogP contribution in [0.4, 0.5) is 13.2 Å². The van der Waals surface area contributed by atoms with Gasteiger partial charge in [-0.25, -0.2) is 0 Å². The highest BCUT2D eigenvalue weighted by molar-refractivity contribution is 5.22. The zero-order valence-electron chi connectivity index (χ0n) is 10.4. The predicted octanol–water partition coefficient (Wildman–Crippen LogP) is 3.13. The fourth-order valence-corrected chi connectivity index (χ4v) is 2.54. The fourth-order valence-electron chi connectivity index (χ4n) is 2.54. The van der Waals surface area contributed by atoms with E-state index in [1.807, 2.05) is 19.1 Å². The van der Waals surface area contributed by atoms with E-state index in [1.165, 1.54) is 4.90 Å². The summed E-state index contributed by atoms with van der Waals surface area (Å²) in [4.78, 5) is 5.84. The summed E-state index contributed by atoms with van der Waals surface area (Å²) in [5.74, 6) is 0.302. The van der Waals surface area contributed by atoms with E-state index in [9.17, 15) is 13.2 Å². The Labute approximate surface area is 105 Å². The van der Waals surface area contributed by atoms with Gasteiger partial charge in [-0.2, -0.15) is 13.2 Å². The Kier molecular flexibility index (Phi) is 3.90. The van der Waals surface area contributed by atoms with Crippen LogP contribution in [-0.2, 0) is 0 Å². The molecule has 1 aromatic rings. The number of halogens is 3. The molecule has 1 aliphatic heterocycles. The van der Waals surface area contributed by atoms with Gasteiger partial charge in [-0.1, -0.05) is 6.07 Å². The van der Waals surface area contributed by atoms with Gasteiger partial charge >= 0.3 is 6.18 Å². The third kappa shape index (κ3) is 3.45. The number of nitrogens with zero attached hydrogens (tertiary/aromatic N) is 2. The van der Waals surface area contributed by atoms with Crippen LogP contribution in [0.2, 0.25) is 0 Å². The van der Waals surface area contributed by atoms with Crippen molar-refractivity contribution in [2.24, 2.45) is 0 Å². The van der Waals surface area contributed by atoms with Crippen molar-refractivity contribution in [1.82, 2.24) is 9.88 Å². The second-order valence-electron chi connectivity index (χ2n) is 4.87. The van der Waals surface area contributed by atoms with Gasteiger partial charge in [0.15, 0.2) is 0 Å². The van der Waals surface area contributed by atoms with Gasteiger partial charge < -0.3 is 0 Å². The number of aryl methyl sites for hydroxylation is 1. The standard InChI is InChI=1S/C13H17F3N2/c1-10-3-2-6-17-12(10)11-4-7-18(8-5-11)9-13(14,15)16/h2-3,6,11H,4-5,7-9H2,1H3. The molecule has 100 valence electrons. The second-order valence-corrected chi connectivity index (χ2v) is 4.87. The molecule has 0 unspecified atom stereocenters. The van der Waals surface area contributed by atoms with Gasteiger partial charge in [-0.05, 0) is 44.5 Å². The van der Waals surface area contributed by atoms with E-state index in [0.29, 0.717) is 19.0 Å². The first-order chi connectivity index (χ1) is 8.46. The maximum absolute atomic E-state index is 12.3. The first-order valence-electron chi connectivity index (χ1n) is 6.16. The molecule has 0 amide bonds. The van der Waals surface area contributed by atoms with Crippen molar-refractivity contribution in [3.05, 3.63) is 29.6 Å². The summed E-state index contributed by atoms with van der Waals surface area (Å²) < 4.78 is 36.8. The second kappa shape index (κ2) is 5.26. The van der Waals surface area contributed by atoms with Gasteiger partial charge in [0.2, 0.25) is 0 Å². The summed E-state index contributed by atoms with van der Waals surface area (Å²) in [7, 11) is 0. The SMILES string of the molecule is Cc1cccnc1C1CCN(CC(F)(F)F)CC1. The van der Waals surface area contributed by atoms with E-state index in [4.69, 9.17) is 0 Å². The average molecular weight is 258 g/mol. The summed E-state index contributed by atoms with van der Waals surface area (Å²) in [6.45, 7) is 2.21. The fraction of sp³-hybridized carbons (Fsp3) is 0.615. The summed E-state index contributed by atoms with van der Waals surface area (Å²) in [6, 6.07) is 3.89. The van der Waals surface area contributed by atoms with Crippen LogP contribution in [0.5, 0.6) is 0 Å². The lowest BCUT2D eigenvalue weighted by Crippen LogP contribution is -2.39. The molecule has 0 aromatic carbocycles. The van der Waals surface area contributed by atoms with Gasteiger partial charge in [0.05, 0.1) is 6.54 Å². The quantitative estimate of drug-likeness (QED) is 0.810. The molecule has 0 aliphatic carbocycles. The number of hydrogen-bond acceptors (Lipinski definition) is 2. The van der Waals surface area contributed by atoms with Gasteiger partial charge in [0, 0.05) is 17.8 Å². The van der Waals surface area contributed by atoms with Crippen LogP contribution in [0.15, 0.2) is 18.3 Å². The Balaban J connectivity index is 1.93. The highest BCUT2D eigenvalue weighted by atomic mass is 19.4. The topological polar surface area (TPSA) is 16.1 Å². The number of aromatic nitrogens is 1.